The molecule has 2 N–H and O–H groups in total. The summed E-state index contributed by atoms with van der Waals surface area (Å²) in [6.07, 6.45) is 1.39. The molecule has 0 aromatic carbocycles. The summed E-state index contributed by atoms with van der Waals surface area (Å²) < 4.78 is 0. The number of carboxylic acid groups (broad SMARTS) is 1. The van der Waals surface area contributed by atoms with Gasteiger partial charge in [-0.05, 0) is 19.3 Å². The lowest BCUT2D eigenvalue weighted by Gasteiger charge is -2.24. The molecule has 0 aliphatic carbocycles. The second-order valence-electron chi connectivity index (χ2n) is 4.94. The first kappa shape index (κ1) is 16.7. The van der Waals surface area contributed by atoms with Gasteiger partial charge in [0.05, 0.1) is 5.92 Å². The maximum Gasteiger partial charge on any atom is 0.317 e. The molecule has 0 saturated carbocycles. The van der Waals surface area contributed by atoms with Crippen molar-refractivity contribution in [3.63, 3.8) is 0 Å². The van der Waals surface area contributed by atoms with Gasteiger partial charge in [0.2, 0.25) is 0 Å². The van der Waals surface area contributed by atoms with E-state index in [9.17, 15) is 9.59 Å². The Labute approximate surface area is 110 Å². The van der Waals surface area contributed by atoms with Crippen LogP contribution in [0.3, 0.4) is 0 Å². The summed E-state index contributed by atoms with van der Waals surface area (Å²) in [6.45, 7) is 9.48. The first-order chi connectivity index (χ1) is 8.42. The number of hydrogen-bond acceptors (Lipinski definition) is 2. The molecule has 0 bridgehead atoms. The smallest absolute Gasteiger partial charge is 0.317 e. The Balaban J connectivity index is 4.23. The minimum atomic E-state index is -0.843. The standard InChI is InChI=1S/C13H26N2O3/c1-5-7-11(12(16)17)8-14-13(18)15(6-2)9-10(3)4/h10-11H,5-9H2,1-4H3,(H,14,18)(H,16,17). The van der Waals surface area contributed by atoms with Crippen LogP contribution in [0.15, 0.2) is 0 Å². The molecule has 0 radical (unpaired) electrons. The third-order valence-corrected chi connectivity index (χ3v) is 2.74. The van der Waals surface area contributed by atoms with Gasteiger partial charge in [0.15, 0.2) is 0 Å². The van der Waals surface area contributed by atoms with Crippen molar-refractivity contribution >= 4 is 12.0 Å². The van der Waals surface area contributed by atoms with Gasteiger partial charge in [-0.3, -0.25) is 4.79 Å². The van der Waals surface area contributed by atoms with Crippen molar-refractivity contribution < 1.29 is 14.7 Å². The van der Waals surface area contributed by atoms with E-state index < -0.39 is 11.9 Å². The van der Waals surface area contributed by atoms with Gasteiger partial charge in [0.25, 0.3) is 0 Å². The minimum absolute atomic E-state index is 0.173. The van der Waals surface area contributed by atoms with Crippen LogP contribution < -0.4 is 5.32 Å². The number of rotatable bonds is 8. The zero-order valence-corrected chi connectivity index (χ0v) is 11.9. The van der Waals surface area contributed by atoms with Gasteiger partial charge in [-0.15, -0.1) is 0 Å². The molecule has 0 rings (SSSR count). The second kappa shape index (κ2) is 8.78. The van der Waals surface area contributed by atoms with Gasteiger partial charge in [0.1, 0.15) is 0 Å². The summed E-state index contributed by atoms with van der Waals surface area (Å²) in [5, 5.41) is 11.7. The normalized spacial score (nSPS) is 12.3. The molecule has 2 amide bonds. The SMILES string of the molecule is CCCC(CNC(=O)N(CC)CC(C)C)C(=O)O. The van der Waals surface area contributed by atoms with Crippen LogP contribution in [-0.4, -0.2) is 41.6 Å². The van der Waals surface area contributed by atoms with Gasteiger partial charge in [0, 0.05) is 19.6 Å². The molecule has 0 saturated heterocycles. The van der Waals surface area contributed by atoms with E-state index in [-0.39, 0.29) is 12.6 Å². The van der Waals surface area contributed by atoms with E-state index in [1.165, 1.54) is 0 Å². The molecule has 0 aliphatic rings. The lowest BCUT2D eigenvalue weighted by molar-refractivity contribution is -0.141. The van der Waals surface area contributed by atoms with Crippen molar-refractivity contribution in [2.24, 2.45) is 11.8 Å². The van der Waals surface area contributed by atoms with Crippen LogP contribution in [0.25, 0.3) is 0 Å². The molecule has 5 heteroatoms. The fraction of sp³-hybridized carbons (Fsp3) is 0.846. The highest BCUT2D eigenvalue weighted by Gasteiger charge is 2.19. The number of nitrogens with zero attached hydrogens (tertiary/aromatic N) is 1. The number of carbonyl (C=O) groups excluding carboxylic acids is 1. The average Bonchev–Trinajstić information content (AvgIpc) is 2.30. The molecule has 1 atom stereocenters. The first-order valence-electron chi connectivity index (χ1n) is 6.67. The summed E-state index contributed by atoms with van der Waals surface area (Å²) in [4.78, 5) is 24.5. The van der Waals surface area contributed by atoms with E-state index in [4.69, 9.17) is 5.11 Å². The van der Waals surface area contributed by atoms with E-state index >= 15 is 0 Å². The maximum atomic E-state index is 11.9. The van der Waals surface area contributed by atoms with Crippen LogP contribution in [0.1, 0.15) is 40.5 Å². The van der Waals surface area contributed by atoms with E-state index in [1.54, 1.807) is 4.90 Å². The summed E-state index contributed by atoms with van der Waals surface area (Å²) in [7, 11) is 0. The average molecular weight is 258 g/mol. The van der Waals surface area contributed by atoms with E-state index in [0.29, 0.717) is 25.4 Å². The van der Waals surface area contributed by atoms with Crippen LogP contribution in [0, 0.1) is 11.8 Å². The van der Waals surface area contributed by atoms with Crippen LogP contribution in [0.4, 0.5) is 4.79 Å². The fourth-order valence-corrected chi connectivity index (χ4v) is 1.78. The fourth-order valence-electron chi connectivity index (χ4n) is 1.78. The maximum absolute atomic E-state index is 11.9. The molecule has 0 fully saturated rings. The van der Waals surface area contributed by atoms with E-state index in [0.717, 1.165) is 6.42 Å². The van der Waals surface area contributed by atoms with Gasteiger partial charge < -0.3 is 15.3 Å². The number of urea groups is 1. The van der Waals surface area contributed by atoms with Crippen molar-refractivity contribution in [3.05, 3.63) is 0 Å². The lowest BCUT2D eigenvalue weighted by atomic mass is 10.0. The summed E-state index contributed by atoms with van der Waals surface area (Å²) in [5.74, 6) is -0.928. The number of aliphatic carboxylic acids is 1. The van der Waals surface area contributed by atoms with Gasteiger partial charge in [-0.1, -0.05) is 27.2 Å². The van der Waals surface area contributed by atoms with Crippen LogP contribution in [-0.2, 0) is 4.79 Å². The Morgan fingerprint density at radius 1 is 1.28 bits per heavy atom. The molecule has 106 valence electrons. The predicted octanol–water partition coefficient (Wildman–Crippen LogP) is 2.17. The van der Waals surface area contributed by atoms with E-state index in [2.05, 4.69) is 5.32 Å². The van der Waals surface area contributed by atoms with Crippen molar-refractivity contribution in [2.45, 2.75) is 40.5 Å². The van der Waals surface area contributed by atoms with Crippen molar-refractivity contribution in [2.75, 3.05) is 19.6 Å². The van der Waals surface area contributed by atoms with Gasteiger partial charge in [-0.2, -0.15) is 0 Å². The summed E-state index contributed by atoms with van der Waals surface area (Å²) >= 11 is 0. The molecular formula is C13H26N2O3. The van der Waals surface area contributed by atoms with Crippen LogP contribution in [0.5, 0.6) is 0 Å². The molecule has 18 heavy (non-hydrogen) atoms. The molecule has 0 heterocycles. The molecule has 0 aromatic heterocycles. The largest absolute Gasteiger partial charge is 0.481 e. The topological polar surface area (TPSA) is 69.6 Å². The molecule has 1 unspecified atom stereocenters. The van der Waals surface area contributed by atoms with Gasteiger partial charge >= 0.3 is 12.0 Å². The molecule has 0 aliphatic heterocycles. The van der Waals surface area contributed by atoms with Crippen LogP contribution in [0.2, 0.25) is 0 Å². The number of nitrogens with one attached hydrogen (secondary N) is 1. The number of amides is 2. The molecule has 0 aromatic rings. The van der Waals surface area contributed by atoms with Crippen molar-refractivity contribution in [1.29, 1.82) is 0 Å². The Hall–Kier alpha value is -1.26. The third kappa shape index (κ3) is 6.47. The lowest BCUT2D eigenvalue weighted by Crippen LogP contribution is -2.44. The monoisotopic (exact) mass is 258 g/mol. The first-order valence-corrected chi connectivity index (χ1v) is 6.67. The molecule has 0 spiro atoms. The minimum Gasteiger partial charge on any atom is -0.481 e. The van der Waals surface area contributed by atoms with E-state index in [1.807, 2.05) is 27.7 Å². The summed E-state index contributed by atoms with van der Waals surface area (Å²) in [6, 6.07) is -0.173. The quantitative estimate of drug-likeness (QED) is 0.701. The predicted molar refractivity (Wildman–Crippen MR) is 71.5 cm³/mol. The highest BCUT2D eigenvalue weighted by atomic mass is 16.4. The molecular weight excluding hydrogens is 232 g/mol. The van der Waals surface area contributed by atoms with Gasteiger partial charge in [-0.25, -0.2) is 4.79 Å². The molecule has 5 nitrogen and oxygen atoms in total. The van der Waals surface area contributed by atoms with Crippen molar-refractivity contribution in [3.8, 4) is 0 Å². The highest BCUT2D eigenvalue weighted by molar-refractivity contribution is 5.76. The zero-order valence-electron chi connectivity index (χ0n) is 11.9. The Morgan fingerprint density at radius 3 is 2.28 bits per heavy atom. The summed E-state index contributed by atoms with van der Waals surface area (Å²) in [5.41, 5.74) is 0. The Morgan fingerprint density at radius 2 is 1.89 bits per heavy atom. The second-order valence-corrected chi connectivity index (χ2v) is 4.94. The Bertz CT molecular complexity index is 267. The highest BCUT2D eigenvalue weighted by Crippen LogP contribution is 2.06. The van der Waals surface area contributed by atoms with Crippen LogP contribution >= 0.6 is 0 Å². The van der Waals surface area contributed by atoms with Crippen molar-refractivity contribution in [1.82, 2.24) is 10.2 Å². The number of carbonyl (C=O) groups is 2. The Kier molecular flexibility index (Phi) is 8.16. The number of carboxylic acids is 1. The third-order valence-electron chi connectivity index (χ3n) is 2.74. The zero-order chi connectivity index (χ0) is 14.1. The number of hydrogen-bond donors (Lipinski definition) is 2.